The van der Waals surface area contributed by atoms with Crippen LogP contribution in [0.5, 0.6) is 0 Å². The molecule has 1 N–H and O–H groups in total. The van der Waals surface area contributed by atoms with Gasteiger partial charge in [0.05, 0.1) is 5.41 Å². The van der Waals surface area contributed by atoms with Crippen LogP contribution in [-0.4, -0.2) is 30.4 Å². The van der Waals surface area contributed by atoms with Gasteiger partial charge in [-0.05, 0) is 30.5 Å². The minimum absolute atomic E-state index is 0.223. The Labute approximate surface area is 94.4 Å². The number of carbonyl (C=O) groups is 1. The van der Waals surface area contributed by atoms with Gasteiger partial charge in [0.1, 0.15) is 0 Å². The molecule has 3 aliphatic heterocycles. The first-order valence-electron chi connectivity index (χ1n) is 5.94. The lowest BCUT2D eigenvalue weighted by Crippen LogP contribution is -2.45. The monoisotopic (exact) mass is 214 g/mol. The number of rotatable bonds is 0. The quantitative estimate of drug-likeness (QED) is 0.704. The molecule has 82 valence electrons. The molecular weight excluding hydrogens is 200 g/mol. The molecule has 3 atom stereocenters. The molecule has 3 aliphatic rings. The fourth-order valence-corrected chi connectivity index (χ4v) is 3.76. The summed E-state index contributed by atoms with van der Waals surface area (Å²) < 4.78 is 0. The molecule has 0 aromatic heterocycles. The Morgan fingerprint density at radius 1 is 1.38 bits per heavy atom. The van der Waals surface area contributed by atoms with Crippen molar-refractivity contribution in [2.75, 3.05) is 25.0 Å². The van der Waals surface area contributed by atoms with Gasteiger partial charge in [-0.15, -0.1) is 0 Å². The van der Waals surface area contributed by atoms with Gasteiger partial charge in [0.15, 0.2) is 0 Å². The number of nitrogens with one attached hydrogen (secondary N) is 1. The molecule has 3 unspecified atom stereocenters. The zero-order valence-electron chi connectivity index (χ0n) is 9.07. The first-order valence-corrected chi connectivity index (χ1v) is 5.94. The average molecular weight is 214 g/mol. The van der Waals surface area contributed by atoms with Crippen molar-refractivity contribution in [2.24, 2.45) is 5.92 Å². The number of fused-ring (bicyclic) bond motifs is 5. The third kappa shape index (κ3) is 0.824. The lowest BCUT2D eigenvalue weighted by Gasteiger charge is -2.31. The van der Waals surface area contributed by atoms with Gasteiger partial charge >= 0.3 is 0 Å². The van der Waals surface area contributed by atoms with E-state index in [1.807, 2.05) is 18.2 Å². The minimum Gasteiger partial charge on any atom is -0.325 e. The fraction of sp³-hybridized carbons (Fsp3) is 0.462. The summed E-state index contributed by atoms with van der Waals surface area (Å²) in [6.45, 7) is 3.18. The molecule has 2 bridgehead atoms. The normalized spacial score (nSPS) is 39.1. The zero-order chi connectivity index (χ0) is 10.8. The molecule has 1 aromatic rings. The number of hydrogen-bond donors (Lipinski definition) is 1. The summed E-state index contributed by atoms with van der Waals surface area (Å²) in [6.07, 6.45) is 1.17. The van der Waals surface area contributed by atoms with Gasteiger partial charge in [0.25, 0.3) is 0 Å². The SMILES string of the molecule is O=C1Nc2ccccc2C12CN1CCC2C1. The van der Waals surface area contributed by atoms with Crippen molar-refractivity contribution in [3.05, 3.63) is 29.8 Å². The van der Waals surface area contributed by atoms with Crippen molar-refractivity contribution < 1.29 is 4.79 Å². The first kappa shape index (κ1) is 8.76. The second-order valence-electron chi connectivity index (χ2n) is 5.19. The largest absolute Gasteiger partial charge is 0.325 e. The Morgan fingerprint density at radius 3 is 3.00 bits per heavy atom. The van der Waals surface area contributed by atoms with Crippen molar-refractivity contribution in [3.8, 4) is 0 Å². The zero-order valence-corrected chi connectivity index (χ0v) is 9.07. The third-order valence-corrected chi connectivity index (χ3v) is 4.50. The predicted molar refractivity (Wildman–Crippen MR) is 61.3 cm³/mol. The number of carbonyl (C=O) groups excluding carboxylic acids is 1. The van der Waals surface area contributed by atoms with Crippen LogP contribution in [0.1, 0.15) is 12.0 Å². The molecule has 3 heterocycles. The lowest BCUT2D eigenvalue weighted by molar-refractivity contribution is -0.122. The molecule has 1 aromatic carbocycles. The second-order valence-corrected chi connectivity index (χ2v) is 5.19. The van der Waals surface area contributed by atoms with E-state index in [-0.39, 0.29) is 11.3 Å². The number of amides is 1. The Hall–Kier alpha value is -1.35. The summed E-state index contributed by atoms with van der Waals surface area (Å²) in [7, 11) is 0. The molecule has 16 heavy (non-hydrogen) atoms. The molecule has 0 saturated carbocycles. The molecule has 2 saturated heterocycles. The van der Waals surface area contributed by atoms with Gasteiger partial charge in [0, 0.05) is 18.8 Å². The molecule has 0 aliphatic carbocycles. The molecule has 2 fully saturated rings. The average Bonchev–Trinajstić information content (AvgIpc) is 2.95. The Bertz CT molecular complexity index is 485. The van der Waals surface area contributed by atoms with Crippen LogP contribution >= 0.6 is 0 Å². The van der Waals surface area contributed by atoms with E-state index in [1.54, 1.807) is 0 Å². The highest BCUT2D eigenvalue weighted by atomic mass is 16.2. The van der Waals surface area contributed by atoms with Gasteiger partial charge in [-0.1, -0.05) is 18.2 Å². The van der Waals surface area contributed by atoms with E-state index in [0.717, 1.165) is 18.8 Å². The smallest absolute Gasteiger partial charge is 0.236 e. The molecular formula is C13H14N2O. The fourth-order valence-electron chi connectivity index (χ4n) is 3.76. The highest BCUT2D eigenvalue weighted by molar-refractivity contribution is 6.07. The van der Waals surface area contributed by atoms with E-state index in [1.165, 1.54) is 18.5 Å². The number of anilines is 1. The van der Waals surface area contributed by atoms with Crippen LogP contribution in [0.15, 0.2) is 24.3 Å². The number of hydrogen-bond acceptors (Lipinski definition) is 2. The summed E-state index contributed by atoms with van der Waals surface area (Å²) in [5, 5.41) is 3.05. The molecule has 4 rings (SSSR count). The number of piperidine rings is 1. The summed E-state index contributed by atoms with van der Waals surface area (Å²) in [6, 6.07) is 8.17. The van der Waals surface area contributed by atoms with E-state index < -0.39 is 0 Å². The topological polar surface area (TPSA) is 32.3 Å². The number of benzene rings is 1. The van der Waals surface area contributed by atoms with Gasteiger partial charge in [-0.25, -0.2) is 0 Å². The van der Waals surface area contributed by atoms with E-state index in [0.29, 0.717) is 5.92 Å². The minimum atomic E-state index is -0.227. The van der Waals surface area contributed by atoms with E-state index in [9.17, 15) is 4.79 Å². The summed E-state index contributed by atoms with van der Waals surface area (Å²) in [5.41, 5.74) is 2.03. The summed E-state index contributed by atoms with van der Waals surface area (Å²) >= 11 is 0. The highest BCUT2D eigenvalue weighted by Crippen LogP contribution is 2.51. The molecule has 3 nitrogen and oxygen atoms in total. The van der Waals surface area contributed by atoms with Crippen LogP contribution in [0.2, 0.25) is 0 Å². The number of para-hydroxylation sites is 1. The maximum Gasteiger partial charge on any atom is 0.236 e. The van der Waals surface area contributed by atoms with Crippen LogP contribution in [0.3, 0.4) is 0 Å². The van der Waals surface area contributed by atoms with Gasteiger partial charge in [0.2, 0.25) is 5.91 Å². The van der Waals surface area contributed by atoms with Crippen molar-refractivity contribution in [1.82, 2.24) is 4.90 Å². The van der Waals surface area contributed by atoms with E-state index in [2.05, 4.69) is 16.3 Å². The second kappa shape index (κ2) is 2.66. The first-order chi connectivity index (χ1) is 7.80. The molecule has 1 spiro atoms. The Morgan fingerprint density at radius 2 is 2.25 bits per heavy atom. The van der Waals surface area contributed by atoms with Crippen molar-refractivity contribution in [3.63, 3.8) is 0 Å². The Kier molecular flexibility index (Phi) is 1.46. The van der Waals surface area contributed by atoms with Crippen LogP contribution in [0.4, 0.5) is 5.69 Å². The standard InChI is InChI=1S/C13H14N2O/c16-12-13(8-15-6-5-9(13)7-15)10-3-1-2-4-11(10)14-12/h1-4,9H,5-8H2,(H,14,16). The predicted octanol–water partition coefficient (Wildman–Crippen LogP) is 1.21. The van der Waals surface area contributed by atoms with E-state index in [4.69, 9.17) is 0 Å². The molecule has 1 amide bonds. The van der Waals surface area contributed by atoms with E-state index >= 15 is 0 Å². The van der Waals surface area contributed by atoms with Crippen LogP contribution in [0, 0.1) is 5.92 Å². The Balaban J connectivity index is 1.93. The summed E-state index contributed by atoms with van der Waals surface area (Å²) in [4.78, 5) is 14.7. The van der Waals surface area contributed by atoms with Crippen molar-refractivity contribution in [2.45, 2.75) is 11.8 Å². The lowest BCUT2D eigenvalue weighted by atomic mass is 9.71. The molecule has 0 radical (unpaired) electrons. The van der Waals surface area contributed by atoms with Crippen LogP contribution in [0.25, 0.3) is 0 Å². The van der Waals surface area contributed by atoms with Gasteiger partial charge in [-0.2, -0.15) is 0 Å². The maximum atomic E-state index is 12.3. The van der Waals surface area contributed by atoms with Crippen molar-refractivity contribution in [1.29, 1.82) is 0 Å². The van der Waals surface area contributed by atoms with Crippen molar-refractivity contribution >= 4 is 11.6 Å². The number of nitrogens with zero attached hydrogens (tertiary/aromatic N) is 1. The third-order valence-electron chi connectivity index (χ3n) is 4.50. The van der Waals surface area contributed by atoms with Crippen LogP contribution in [-0.2, 0) is 10.2 Å². The maximum absolute atomic E-state index is 12.3. The molecule has 3 heteroatoms. The van der Waals surface area contributed by atoms with Gasteiger partial charge < -0.3 is 10.2 Å². The summed E-state index contributed by atoms with van der Waals surface area (Å²) in [5.74, 6) is 0.747. The van der Waals surface area contributed by atoms with Gasteiger partial charge in [-0.3, -0.25) is 4.79 Å². The van der Waals surface area contributed by atoms with Crippen LogP contribution < -0.4 is 5.32 Å². The highest BCUT2D eigenvalue weighted by Gasteiger charge is 2.59.